The molecule has 0 aliphatic heterocycles. The van der Waals surface area contributed by atoms with Crippen molar-refractivity contribution < 1.29 is 19.8 Å². The van der Waals surface area contributed by atoms with E-state index in [0.29, 0.717) is 23.1 Å². The molecule has 0 saturated carbocycles. The lowest BCUT2D eigenvalue weighted by atomic mass is 9.88. The Labute approximate surface area is 192 Å². The molecule has 2 N–H and O–H groups in total. The van der Waals surface area contributed by atoms with Crippen LogP contribution in [0.2, 0.25) is 0 Å². The van der Waals surface area contributed by atoms with Crippen molar-refractivity contribution in [3.8, 4) is 0 Å². The largest absolute Gasteiger partial charge is 0.478 e. The van der Waals surface area contributed by atoms with Crippen molar-refractivity contribution in [2.75, 3.05) is 33.1 Å². The Morgan fingerprint density at radius 1 is 0.844 bits per heavy atom. The molecule has 0 spiro atoms. The molecule has 176 valence electrons. The van der Waals surface area contributed by atoms with Crippen LogP contribution in [0.25, 0.3) is 0 Å². The van der Waals surface area contributed by atoms with E-state index in [1.807, 2.05) is 31.1 Å². The van der Waals surface area contributed by atoms with E-state index in [9.17, 15) is 14.7 Å². The highest BCUT2D eigenvalue weighted by atomic mass is 16.4. The zero-order valence-electron chi connectivity index (χ0n) is 20.2. The van der Waals surface area contributed by atoms with Crippen molar-refractivity contribution in [2.45, 2.75) is 45.6 Å². The fraction of sp³-hybridized carbons (Fsp3) is 0.462. The van der Waals surface area contributed by atoms with Crippen molar-refractivity contribution >= 4 is 17.6 Å². The molecule has 0 amide bonds. The van der Waals surface area contributed by atoms with Crippen molar-refractivity contribution in [2.24, 2.45) is 5.92 Å². The second kappa shape index (κ2) is 13.5. The van der Waals surface area contributed by atoms with E-state index in [4.69, 9.17) is 5.11 Å². The number of rotatable bonds is 10. The van der Waals surface area contributed by atoms with Crippen LogP contribution in [0.4, 0.5) is 5.69 Å². The van der Waals surface area contributed by atoms with Crippen LogP contribution in [0.5, 0.6) is 0 Å². The second-order valence-corrected chi connectivity index (χ2v) is 8.45. The Morgan fingerprint density at radius 2 is 1.44 bits per heavy atom. The van der Waals surface area contributed by atoms with Crippen LogP contribution >= 0.6 is 0 Å². The van der Waals surface area contributed by atoms with Gasteiger partial charge in [-0.05, 0) is 75.2 Å². The molecule has 6 nitrogen and oxygen atoms in total. The molecular formula is C26H38N2O4. The number of nitrogens with zero attached hydrogens (tertiary/aromatic N) is 2. The van der Waals surface area contributed by atoms with Gasteiger partial charge in [0.25, 0.3) is 0 Å². The highest BCUT2D eigenvalue weighted by Gasteiger charge is 2.18. The summed E-state index contributed by atoms with van der Waals surface area (Å²) in [6.45, 7) is 4.40. The van der Waals surface area contributed by atoms with Gasteiger partial charge in [0.1, 0.15) is 0 Å². The van der Waals surface area contributed by atoms with Gasteiger partial charge in [-0.2, -0.15) is 0 Å². The minimum absolute atomic E-state index is 0.320. The zero-order valence-corrected chi connectivity index (χ0v) is 20.2. The average Bonchev–Trinajstić information content (AvgIpc) is 2.76. The molecule has 6 heteroatoms. The van der Waals surface area contributed by atoms with Gasteiger partial charge in [0.2, 0.25) is 0 Å². The third-order valence-corrected chi connectivity index (χ3v) is 5.77. The first kappa shape index (κ1) is 27.2. The minimum Gasteiger partial charge on any atom is -0.478 e. The number of carboxylic acid groups (broad SMARTS) is 2. The predicted molar refractivity (Wildman–Crippen MR) is 131 cm³/mol. The van der Waals surface area contributed by atoms with Gasteiger partial charge >= 0.3 is 11.9 Å². The summed E-state index contributed by atoms with van der Waals surface area (Å²) in [5.74, 6) is -1.18. The minimum atomic E-state index is -0.889. The Morgan fingerprint density at radius 3 is 1.88 bits per heavy atom. The van der Waals surface area contributed by atoms with E-state index < -0.39 is 11.9 Å². The molecule has 0 radical (unpaired) electrons. The molecule has 2 aromatic carbocycles. The van der Waals surface area contributed by atoms with Crippen molar-refractivity contribution in [3.05, 3.63) is 65.2 Å². The average molecular weight is 443 g/mol. The molecule has 32 heavy (non-hydrogen) atoms. The molecule has 0 aliphatic rings. The van der Waals surface area contributed by atoms with E-state index in [1.54, 1.807) is 36.4 Å². The molecule has 2 unspecified atom stereocenters. The topological polar surface area (TPSA) is 81.1 Å². The molecule has 0 aromatic heterocycles. The summed E-state index contributed by atoms with van der Waals surface area (Å²) in [7, 11) is 8.06. The maximum atomic E-state index is 11.3. The summed E-state index contributed by atoms with van der Waals surface area (Å²) in [5.41, 5.74) is 2.73. The van der Waals surface area contributed by atoms with Gasteiger partial charge in [-0.25, -0.2) is 9.59 Å². The van der Waals surface area contributed by atoms with Gasteiger partial charge in [0.05, 0.1) is 11.1 Å². The van der Waals surface area contributed by atoms with Crippen LogP contribution in [0.1, 0.15) is 59.4 Å². The summed E-state index contributed by atoms with van der Waals surface area (Å²) >= 11 is 0. The van der Waals surface area contributed by atoms with Gasteiger partial charge in [-0.3, -0.25) is 0 Å². The normalized spacial score (nSPS) is 12.5. The first-order valence-electron chi connectivity index (χ1n) is 11.1. The van der Waals surface area contributed by atoms with Crippen molar-refractivity contribution in [1.29, 1.82) is 0 Å². The quantitative estimate of drug-likeness (QED) is 0.531. The Hall–Kier alpha value is -2.86. The van der Waals surface area contributed by atoms with Crippen LogP contribution in [-0.4, -0.2) is 61.3 Å². The summed E-state index contributed by atoms with van der Waals surface area (Å²) in [4.78, 5) is 25.9. The van der Waals surface area contributed by atoms with Gasteiger partial charge < -0.3 is 20.0 Å². The summed E-state index contributed by atoms with van der Waals surface area (Å²) in [5, 5.41) is 17.9. The molecule has 2 aromatic rings. The number of hydrogen-bond donors (Lipinski definition) is 2. The summed E-state index contributed by atoms with van der Waals surface area (Å²) < 4.78 is 0. The van der Waals surface area contributed by atoms with E-state index in [0.717, 1.165) is 36.9 Å². The lowest BCUT2D eigenvalue weighted by Gasteiger charge is -2.27. The summed E-state index contributed by atoms with van der Waals surface area (Å²) in [6.07, 6.45) is 4.18. The number of carboxylic acids is 2. The molecule has 0 saturated heterocycles. The standard InChI is InChI=1S/C17H27NO2.C9H11NO2/c1-5-13(12-15(6-2)18(3)4)11-14-9-7-8-10-16(14)17(19)20;1-10(2)8-5-3-7(4-6-8)9(11)12/h7-10,13,15H,5-6,11-12H2,1-4H3,(H,19,20);3-6H,1-2H3,(H,11,12). The van der Waals surface area contributed by atoms with E-state index in [-0.39, 0.29) is 0 Å². The molecule has 0 bridgehead atoms. The van der Waals surface area contributed by atoms with Gasteiger partial charge in [0, 0.05) is 25.8 Å². The zero-order chi connectivity index (χ0) is 24.3. The van der Waals surface area contributed by atoms with Gasteiger partial charge in [0.15, 0.2) is 0 Å². The van der Waals surface area contributed by atoms with E-state index >= 15 is 0 Å². The monoisotopic (exact) mass is 442 g/mol. The highest BCUT2D eigenvalue weighted by molar-refractivity contribution is 5.89. The fourth-order valence-corrected chi connectivity index (χ4v) is 3.64. The second-order valence-electron chi connectivity index (χ2n) is 8.45. The lowest BCUT2D eigenvalue weighted by Crippen LogP contribution is -2.30. The Kier molecular flexibility index (Phi) is 11.5. The van der Waals surface area contributed by atoms with Crippen LogP contribution in [0.15, 0.2) is 48.5 Å². The number of aromatic carboxylic acids is 2. The smallest absolute Gasteiger partial charge is 0.335 e. The van der Waals surface area contributed by atoms with Crippen LogP contribution < -0.4 is 4.90 Å². The first-order chi connectivity index (χ1) is 15.1. The Balaban J connectivity index is 0.000000363. The number of anilines is 1. The van der Waals surface area contributed by atoms with Gasteiger partial charge in [-0.1, -0.05) is 38.5 Å². The summed E-state index contributed by atoms with van der Waals surface area (Å²) in [6, 6.07) is 14.7. The number of hydrogen-bond acceptors (Lipinski definition) is 4. The van der Waals surface area contributed by atoms with Crippen molar-refractivity contribution in [1.82, 2.24) is 4.90 Å². The third-order valence-electron chi connectivity index (χ3n) is 5.77. The highest BCUT2D eigenvalue weighted by Crippen LogP contribution is 2.23. The maximum Gasteiger partial charge on any atom is 0.335 e. The van der Waals surface area contributed by atoms with Gasteiger partial charge in [-0.15, -0.1) is 0 Å². The molecular weight excluding hydrogens is 404 g/mol. The first-order valence-corrected chi connectivity index (χ1v) is 11.1. The molecule has 2 atom stereocenters. The predicted octanol–water partition coefficient (Wildman–Crippen LogP) is 5.13. The van der Waals surface area contributed by atoms with Crippen molar-refractivity contribution in [3.63, 3.8) is 0 Å². The maximum absolute atomic E-state index is 11.3. The molecule has 0 aliphatic carbocycles. The number of carbonyl (C=O) groups is 2. The SMILES string of the molecule is CCC(Cc1ccccc1C(=O)O)CC(CC)N(C)C.CN(C)c1ccc(C(=O)O)cc1. The van der Waals surface area contributed by atoms with Crippen LogP contribution in [0, 0.1) is 5.92 Å². The lowest BCUT2D eigenvalue weighted by molar-refractivity contribution is 0.0685. The van der Waals surface area contributed by atoms with Crippen LogP contribution in [0.3, 0.4) is 0 Å². The molecule has 0 heterocycles. The fourth-order valence-electron chi connectivity index (χ4n) is 3.64. The number of benzene rings is 2. The molecule has 0 fully saturated rings. The Bertz CT molecular complexity index is 847. The van der Waals surface area contributed by atoms with Crippen LogP contribution in [-0.2, 0) is 6.42 Å². The molecule has 2 rings (SSSR count). The third kappa shape index (κ3) is 8.71. The van der Waals surface area contributed by atoms with E-state index in [2.05, 4.69) is 32.8 Å². The van der Waals surface area contributed by atoms with E-state index in [1.165, 1.54) is 0 Å².